The molecule has 1 aromatic rings. The van der Waals surface area contributed by atoms with E-state index in [0.717, 1.165) is 0 Å². The van der Waals surface area contributed by atoms with E-state index in [1.54, 1.807) is 18.2 Å². The van der Waals surface area contributed by atoms with Crippen LogP contribution in [0.1, 0.15) is 10.4 Å². The smallest absolute Gasteiger partial charge is 0.328 e. The maximum Gasteiger partial charge on any atom is 0.328 e. The van der Waals surface area contributed by atoms with Crippen LogP contribution < -0.4 is 0 Å². The van der Waals surface area contributed by atoms with Gasteiger partial charge in [0, 0.05) is 17.1 Å². The first-order chi connectivity index (χ1) is 8.59. The highest BCUT2D eigenvalue weighted by atomic mass is 35.5. The number of halogens is 1. The number of morpholine rings is 1. The molecule has 0 unspecified atom stereocenters. The number of amides is 1. The summed E-state index contributed by atoms with van der Waals surface area (Å²) in [5.41, 5.74) is 0.385. The maximum atomic E-state index is 12.2. The number of carboxylic acid groups (broad SMARTS) is 1. The van der Waals surface area contributed by atoms with Crippen molar-refractivity contribution in [1.29, 1.82) is 0 Å². The first kappa shape index (κ1) is 12.9. The lowest BCUT2D eigenvalue weighted by Gasteiger charge is -2.32. The largest absolute Gasteiger partial charge is 0.480 e. The van der Waals surface area contributed by atoms with Crippen molar-refractivity contribution < 1.29 is 19.4 Å². The number of carboxylic acids is 1. The standard InChI is InChI=1S/C12H12ClNO4/c13-9-3-1-2-8(6-9)11(15)14-4-5-18-7-10(14)12(16)17/h1-3,6,10H,4-5,7H2,(H,16,17)/t10-/m1/s1. The van der Waals surface area contributed by atoms with Crippen LogP contribution in [0.2, 0.25) is 5.02 Å². The van der Waals surface area contributed by atoms with Crippen molar-refractivity contribution in [2.75, 3.05) is 19.8 Å². The Morgan fingerprint density at radius 1 is 1.44 bits per heavy atom. The molecule has 1 aliphatic heterocycles. The van der Waals surface area contributed by atoms with E-state index >= 15 is 0 Å². The number of benzene rings is 1. The lowest BCUT2D eigenvalue weighted by atomic mass is 10.1. The Balaban J connectivity index is 2.23. The highest BCUT2D eigenvalue weighted by Gasteiger charge is 2.33. The van der Waals surface area contributed by atoms with Crippen molar-refractivity contribution >= 4 is 23.5 Å². The molecule has 18 heavy (non-hydrogen) atoms. The topological polar surface area (TPSA) is 66.8 Å². The third-order valence-corrected chi connectivity index (χ3v) is 2.98. The molecule has 1 aliphatic rings. The van der Waals surface area contributed by atoms with E-state index in [0.29, 0.717) is 17.2 Å². The van der Waals surface area contributed by atoms with Gasteiger partial charge in [-0.1, -0.05) is 17.7 Å². The van der Waals surface area contributed by atoms with Gasteiger partial charge < -0.3 is 14.7 Å². The molecule has 96 valence electrons. The third kappa shape index (κ3) is 2.63. The van der Waals surface area contributed by atoms with Crippen LogP contribution in [-0.2, 0) is 9.53 Å². The molecular weight excluding hydrogens is 258 g/mol. The third-order valence-electron chi connectivity index (χ3n) is 2.75. The van der Waals surface area contributed by atoms with Gasteiger partial charge in [0.1, 0.15) is 0 Å². The highest BCUT2D eigenvalue weighted by molar-refractivity contribution is 6.30. The summed E-state index contributed by atoms with van der Waals surface area (Å²) in [7, 11) is 0. The second kappa shape index (κ2) is 5.37. The van der Waals surface area contributed by atoms with Crippen molar-refractivity contribution in [3.63, 3.8) is 0 Å². The molecule has 1 amide bonds. The van der Waals surface area contributed by atoms with E-state index < -0.39 is 12.0 Å². The monoisotopic (exact) mass is 269 g/mol. The minimum absolute atomic E-state index is 0.0155. The first-order valence-electron chi connectivity index (χ1n) is 5.46. The highest BCUT2D eigenvalue weighted by Crippen LogP contribution is 2.16. The van der Waals surface area contributed by atoms with Crippen LogP contribution in [0.25, 0.3) is 0 Å². The van der Waals surface area contributed by atoms with Crippen LogP contribution in [0.3, 0.4) is 0 Å². The van der Waals surface area contributed by atoms with Gasteiger partial charge in [-0.05, 0) is 18.2 Å². The summed E-state index contributed by atoms with van der Waals surface area (Å²) < 4.78 is 5.08. The van der Waals surface area contributed by atoms with Gasteiger partial charge >= 0.3 is 5.97 Å². The quantitative estimate of drug-likeness (QED) is 0.878. The minimum Gasteiger partial charge on any atom is -0.480 e. The van der Waals surface area contributed by atoms with E-state index in [4.69, 9.17) is 21.4 Å². The van der Waals surface area contributed by atoms with Crippen LogP contribution >= 0.6 is 11.6 Å². The molecule has 6 heteroatoms. The molecule has 1 heterocycles. The Morgan fingerprint density at radius 3 is 2.89 bits per heavy atom. The molecule has 1 N–H and O–H groups in total. The predicted molar refractivity (Wildman–Crippen MR) is 64.7 cm³/mol. The number of carbonyl (C=O) groups excluding carboxylic acids is 1. The van der Waals surface area contributed by atoms with Gasteiger partial charge in [0.25, 0.3) is 5.91 Å². The zero-order chi connectivity index (χ0) is 13.1. The summed E-state index contributed by atoms with van der Waals surface area (Å²) in [5.74, 6) is -1.40. The fourth-order valence-corrected chi connectivity index (χ4v) is 2.03. The molecule has 0 aliphatic carbocycles. The summed E-state index contributed by atoms with van der Waals surface area (Å²) in [4.78, 5) is 24.6. The number of ether oxygens (including phenoxy) is 1. The number of hydrogen-bond acceptors (Lipinski definition) is 3. The number of carbonyl (C=O) groups is 2. The Hall–Kier alpha value is -1.59. The summed E-state index contributed by atoms with van der Waals surface area (Å²) in [6.45, 7) is 0.625. The molecule has 0 bridgehead atoms. The van der Waals surface area contributed by atoms with Gasteiger partial charge in [-0.2, -0.15) is 0 Å². The summed E-state index contributed by atoms with van der Waals surface area (Å²) in [5, 5.41) is 9.50. The van der Waals surface area contributed by atoms with Crippen molar-refractivity contribution in [1.82, 2.24) is 4.90 Å². The number of rotatable bonds is 2. The van der Waals surface area contributed by atoms with Crippen LogP contribution in [-0.4, -0.2) is 47.7 Å². The maximum absolute atomic E-state index is 12.2. The lowest BCUT2D eigenvalue weighted by molar-refractivity contribution is -0.147. The van der Waals surface area contributed by atoms with E-state index in [-0.39, 0.29) is 19.1 Å². The van der Waals surface area contributed by atoms with Crippen LogP contribution in [0.4, 0.5) is 0 Å². The molecular formula is C12H12ClNO4. The molecule has 2 rings (SSSR count). The number of hydrogen-bond donors (Lipinski definition) is 1. The summed E-state index contributed by atoms with van der Waals surface area (Å²) in [6.07, 6.45) is 0. The lowest BCUT2D eigenvalue weighted by Crippen LogP contribution is -2.52. The van der Waals surface area contributed by atoms with Crippen molar-refractivity contribution in [2.45, 2.75) is 6.04 Å². The Kier molecular flexibility index (Phi) is 3.84. The molecule has 0 aromatic heterocycles. The second-order valence-corrected chi connectivity index (χ2v) is 4.37. The van der Waals surface area contributed by atoms with Crippen molar-refractivity contribution in [3.05, 3.63) is 34.9 Å². The molecule has 1 saturated heterocycles. The van der Waals surface area contributed by atoms with Crippen molar-refractivity contribution in [3.8, 4) is 0 Å². The van der Waals surface area contributed by atoms with Gasteiger partial charge in [-0.25, -0.2) is 4.79 Å². The van der Waals surface area contributed by atoms with Crippen LogP contribution in [0.5, 0.6) is 0 Å². The molecule has 1 fully saturated rings. The average Bonchev–Trinajstić information content (AvgIpc) is 2.38. The zero-order valence-electron chi connectivity index (χ0n) is 9.51. The van der Waals surface area contributed by atoms with E-state index in [1.807, 2.05) is 0 Å². The van der Waals surface area contributed by atoms with E-state index in [1.165, 1.54) is 11.0 Å². The van der Waals surface area contributed by atoms with E-state index in [2.05, 4.69) is 0 Å². The zero-order valence-corrected chi connectivity index (χ0v) is 10.3. The molecule has 5 nitrogen and oxygen atoms in total. The van der Waals surface area contributed by atoms with Gasteiger partial charge in [0.2, 0.25) is 0 Å². The van der Waals surface area contributed by atoms with Gasteiger partial charge in [0.05, 0.1) is 13.2 Å². The molecule has 0 spiro atoms. The second-order valence-electron chi connectivity index (χ2n) is 3.94. The molecule has 0 radical (unpaired) electrons. The van der Waals surface area contributed by atoms with Gasteiger partial charge in [-0.15, -0.1) is 0 Å². The fraction of sp³-hybridized carbons (Fsp3) is 0.333. The Morgan fingerprint density at radius 2 is 2.22 bits per heavy atom. The molecule has 1 atom stereocenters. The van der Waals surface area contributed by atoms with Gasteiger partial charge in [0.15, 0.2) is 6.04 Å². The van der Waals surface area contributed by atoms with Crippen molar-refractivity contribution in [2.24, 2.45) is 0 Å². The predicted octanol–water partition coefficient (Wildman–Crippen LogP) is 1.27. The fourth-order valence-electron chi connectivity index (χ4n) is 1.84. The summed E-state index contributed by atoms with van der Waals surface area (Å²) in [6, 6.07) is 5.52. The Bertz CT molecular complexity index is 477. The van der Waals surface area contributed by atoms with Crippen LogP contribution in [0.15, 0.2) is 24.3 Å². The average molecular weight is 270 g/mol. The summed E-state index contributed by atoms with van der Waals surface area (Å²) >= 11 is 5.82. The molecule has 1 aromatic carbocycles. The van der Waals surface area contributed by atoms with Crippen LogP contribution in [0, 0.1) is 0 Å². The molecule has 0 saturated carbocycles. The Labute approximate surface area is 109 Å². The van der Waals surface area contributed by atoms with E-state index in [9.17, 15) is 9.59 Å². The first-order valence-corrected chi connectivity index (χ1v) is 5.84. The minimum atomic E-state index is -1.06. The van der Waals surface area contributed by atoms with Gasteiger partial charge in [-0.3, -0.25) is 4.79 Å². The SMILES string of the molecule is O=C(O)[C@H]1COCCN1C(=O)c1cccc(Cl)c1. The normalized spacial score (nSPS) is 19.6. The number of nitrogens with zero attached hydrogens (tertiary/aromatic N) is 1. The number of aliphatic carboxylic acids is 1.